The fourth-order valence-electron chi connectivity index (χ4n) is 1.69. The number of benzene rings is 2. The molecule has 0 bridgehead atoms. The Morgan fingerprint density at radius 2 is 1.67 bits per heavy atom. The zero-order valence-corrected chi connectivity index (χ0v) is 10.8. The number of carbonyl (C=O) groups is 1. The molecule has 0 unspecified atom stereocenters. The molecule has 6 heteroatoms. The minimum atomic E-state index is -3.64. The van der Waals surface area contributed by atoms with Crippen LogP contribution in [0, 0.1) is 4.91 Å². The molecule has 2 rings (SSSR count). The molecule has 108 valence electrons. The Bertz CT molecular complexity index is 627. The van der Waals surface area contributed by atoms with Crippen LogP contribution in [0.3, 0.4) is 0 Å². The van der Waals surface area contributed by atoms with Crippen molar-refractivity contribution < 1.29 is 18.3 Å². The molecular weight excluding hydrogens is 280 g/mol. The van der Waals surface area contributed by atoms with Crippen LogP contribution in [-0.2, 0) is 6.42 Å². The van der Waals surface area contributed by atoms with E-state index in [1.54, 1.807) is 35.5 Å². The maximum atomic E-state index is 12.8. The van der Waals surface area contributed by atoms with Crippen molar-refractivity contribution in [1.82, 2.24) is 0 Å². The normalized spacial score (nSPS) is 11.0. The highest BCUT2D eigenvalue weighted by Crippen LogP contribution is 2.23. The maximum Gasteiger partial charge on any atom is 0.381 e. The average Bonchev–Trinajstić information content (AvgIpc) is 2.50. The van der Waals surface area contributed by atoms with Crippen LogP contribution in [0.25, 0.3) is 0 Å². The molecule has 0 atom stereocenters. The van der Waals surface area contributed by atoms with Gasteiger partial charge in [0.25, 0.3) is 0 Å². The van der Waals surface area contributed by atoms with Crippen LogP contribution < -0.4 is 4.74 Å². The number of esters is 1. The molecule has 21 heavy (non-hydrogen) atoms. The smallest absolute Gasteiger partial charge is 0.381 e. The summed E-state index contributed by atoms with van der Waals surface area (Å²) in [6.45, 7) is 0. The van der Waals surface area contributed by atoms with Gasteiger partial charge in [-0.3, -0.25) is 0 Å². The van der Waals surface area contributed by atoms with Crippen molar-refractivity contribution in [1.29, 1.82) is 0 Å². The molecule has 0 amide bonds. The highest BCUT2D eigenvalue weighted by molar-refractivity contribution is 5.90. The monoisotopic (exact) mass is 291 g/mol. The molecular formula is C15H11F2NO3. The average molecular weight is 291 g/mol. The third-order valence-electron chi connectivity index (χ3n) is 2.69. The zero-order chi connectivity index (χ0) is 15.3. The number of nitroso groups, excluding NO2 is 1. The van der Waals surface area contributed by atoms with Crippen molar-refractivity contribution in [3.05, 3.63) is 70.6 Å². The predicted octanol–water partition coefficient (Wildman–Crippen LogP) is 3.81. The quantitative estimate of drug-likeness (QED) is 0.364. The fraction of sp³-hybridized carbons (Fsp3) is 0.133. The molecule has 0 saturated carbocycles. The van der Waals surface area contributed by atoms with Crippen LogP contribution in [0.5, 0.6) is 5.75 Å². The van der Waals surface area contributed by atoms with Gasteiger partial charge in [0, 0.05) is 5.18 Å². The van der Waals surface area contributed by atoms with Gasteiger partial charge in [-0.05, 0) is 29.8 Å². The number of ether oxygens (including phenoxy) is 1. The third kappa shape index (κ3) is 4.17. The van der Waals surface area contributed by atoms with E-state index in [0.717, 1.165) is 0 Å². The van der Waals surface area contributed by atoms with E-state index >= 15 is 0 Å². The summed E-state index contributed by atoms with van der Waals surface area (Å²) in [4.78, 5) is 21.7. The first-order valence-electron chi connectivity index (χ1n) is 6.09. The Hall–Kier alpha value is -2.63. The van der Waals surface area contributed by atoms with E-state index in [0.29, 0.717) is 5.56 Å². The van der Waals surface area contributed by atoms with E-state index in [-0.39, 0.29) is 11.3 Å². The van der Waals surface area contributed by atoms with Gasteiger partial charge in [0.05, 0.1) is 12.0 Å². The van der Waals surface area contributed by atoms with Crippen molar-refractivity contribution in [2.75, 3.05) is 0 Å². The lowest BCUT2D eigenvalue weighted by atomic mass is 10.1. The SMILES string of the molecule is O=NC(F)(F)Cc1ccc(OC(=O)c2ccccc2)cc1. The van der Waals surface area contributed by atoms with Gasteiger partial charge < -0.3 is 4.74 Å². The zero-order valence-electron chi connectivity index (χ0n) is 10.8. The van der Waals surface area contributed by atoms with E-state index < -0.39 is 18.4 Å². The van der Waals surface area contributed by atoms with Gasteiger partial charge in [-0.1, -0.05) is 30.3 Å². The molecule has 0 aliphatic rings. The van der Waals surface area contributed by atoms with E-state index in [4.69, 9.17) is 4.74 Å². The van der Waals surface area contributed by atoms with E-state index in [1.165, 1.54) is 24.3 Å². The van der Waals surface area contributed by atoms with E-state index in [2.05, 4.69) is 0 Å². The lowest BCUT2D eigenvalue weighted by molar-refractivity contribution is 0.00969. The molecule has 2 aromatic carbocycles. The number of hydrogen-bond acceptors (Lipinski definition) is 4. The van der Waals surface area contributed by atoms with Crippen molar-refractivity contribution in [3.63, 3.8) is 0 Å². The Morgan fingerprint density at radius 3 is 2.24 bits per heavy atom. The lowest BCUT2D eigenvalue weighted by Crippen LogP contribution is -2.15. The molecule has 0 N–H and O–H groups in total. The molecule has 0 spiro atoms. The van der Waals surface area contributed by atoms with Crippen molar-refractivity contribution in [2.45, 2.75) is 12.5 Å². The number of alkyl halides is 2. The second-order valence-electron chi connectivity index (χ2n) is 4.33. The minimum Gasteiger partial charge on any atom is -0.423 e. The Morgan fingerprint density at radius 1 is 1.05 bits per heavy atom. The summed E-state index contributed by atoms with van der Waals surface area (Å²) < 4.78 is 30.7. The molecule has 0 radical (unpaired) electrons. The van der Waals surface area contributed by atoms with Gasteiger partial charge in [0.2, 0.25) is 0 Å². The summed E-state index contributed by atoms with van der Waals surface area (Å²) in [5.74, 6) is -0.307. The largest absolute Gasteiger partial charge is 0.423 e. The van der Waals surface area contributed by atoms with E-state index in [9.17, 15) is 18.5 Å². The second-order valence-corrected chi connectivity index (χ2v) is 4.33. The van der Waals surface area contributed by atoms with Crippen LogP contribution in [-0.4, -0.2) is 12.0 Å². The maximum absolute atomic E-state index is 12.8. The van der Waals surface area contributed by atoms with Gasteiger partial charge in [0.15, 0.2) is 0 Å². The van der Waals surface area contributed by atoms with Gasteiger partial charge >= 0.3 is 12.0 Å². The molecule has 0 saturated heterocycles. The van der Waals surface area contributed by atoms with Crippen molar-refractivity contribution in [3.8, 4) is 5.75 Å². The second kappa shape index (κ2) is 6.21. The van der Waals surface area contributed by atoms with Gasteiger partial charge in [0.1, 0.15) is 5.75 Å². The van der Waals surface area contributed by atoms with Crippen molar-refractivity contribution in [2.24, 2.45) is 5.18 Å². The van der Waals surface area contributed by atoms with Crippen LogP contribution in [0.4, 0.5) is 8.78 Å². The number of rotatable bonds is 5. The number of halogens is 2. The topological polar surface area (TPSA) is 55.7 Å². The predicted molar refractivity (Wildman–Crippen MR) is 72.3 cm³/mol. The Balaban J connectivity index is 2.03. The summed E-state index contributed by atoms with van der Waals surface area (Å²) >= 11 is 0. The van der Waals surface area contributed by atoms with Gasteiger partial charge in [-0.2, -0.15) is 8.78 Å². The first-order valence-corrected chi connectivity index (χ1v) is 6.09. The molecule has 2 aromatic rings. The minimum absolute atomic E-state index is 0.221. The first kappa shape index (κ1) is 14.8. The molecule has 4 nitrogen and oxygen atoms in total. The highest BCUT2D eigenvalue weighted by Gasteiger charge is 2.30. The molecule has 0 heterocycles. The van der Waals surface area contributed by atoms with Gasteiger partial charge in [-0.15, -0.1) is 4.91 Å². The summed E-state index contributed by atoms with van der Waals surface area (Å²) in [5.41, 5.74) is 0.609. The summed E-state index contributed by atoms with van der Waals surface area (Å²) in [5, 5.41) is 1.76. The number of nitrogens with zero attached hydrogens (tertiary/aromatic N) is 1. The lowest BCUT2D eigenvalue weighted by Gasteiger charge is -2.08. The van der Waals surface area contributed by atoms with E-state index in [1.807, 2.05) is 0 Å². The van der Waals surface area contributed by atoms with Crippen LogP contribution in [0.2, 0.25) is 0 Å². The van der Waals surface area contributed by atoms with Crippen LogP contribution in [0.15, 0.2) is 59.8 Å². The summed E-state index contributed by atoms with van der Waals surface area (Å²) in [7, 11) is 0. The van der Waals surface area contributed by atoms with Crippen molar-refractivity contribution >= 4 is 5.97 Å². The molecule has 0 aromatic heterocycles. The number of hydrogen-bond donors (Lipinski definition) is 0. The third-order valence-corrected chi connectivity index (χ3v) is 2.69. The first-order chi connectivity index (χ1) is 10.00. The van der Waals surface area contributed by atoms with Crippen LogP contribution in [0.1, 0.15) is 15.9 Å². The standard InChI is InChI=1S/C15H11F2NO3/c16-15(17,18-20)10-11-6-8-13(9-7-11)21-14(19)12-4-2-1-3-5-12/h1-9H,10H2. The molecule has 0 aliphatic carbocycles. The Kier molecular flexibility index (Phi) is 4.37. The molecule has 0 fully saturated rings. The van der Waals surface area contributed by atoms with Crippen LogP contribution >= 0.6 is 0 Å². The number of carbonyl (C=O) groups excluding carboxylic acids is 1. The van der Waals surface area contributed by atoms with Gasteiger partial charge in [-0.25, -0.2) is 4.79 Å². The fourth-order valence-corrected chi connectivity index (χ4v) is 1.69. The highest BCUT2D eigenvalue weighted by atomic mass is 19.3. The summed E-state index contributed by atoms with van der Waals surface area (Å²) in [6.07, 6.45) is -0.788. The molecule has 0 aliphatic heterocycles. The summed E-state index contributed by atoms with van der Waals surface area (Å²) in [6, 6.07) is 10.2. The Labute approximate surface area is 119 Å².